The van der Waals surface area contributed by atoms with Gasteiger partial charge < -0.3 is 14.9 Å². The number of carboxylic acids is 2. The molecule has 0 aromatic heterocycles. The van der Waals surface area contributed by atoms with Gasteiger partial charge in [-0.3, -0.25) is 19.2 Å². The number of esters is 2. The fourth-order valence-corrected chi connectivity index (χ4v) is 2.66. The van der Waals surface area contributed by atoms with Crippen LogP contribution in [0.25, 0.3) is 0 Å². The van der Waals surface area contributed by atoms with Crippen molar-refractivity contribution in [3.63, 3.8) is 0 Å². The summed E-state index contributed by atoms with van der Waals surface area (Å²) >= 11 is 0. The Morgan fingerprint density at radius 2 is 1.00 bits per heavy atom. The Labute approximate surface area is 136 Å². The molecular weight excluding hydrogens is 304 g/mol. The van der Waals surface area contributed by atoms with E-state index in [4.69, 9.17) is 14.9 Å². The van der Waals surface area contributed by atoms with E-state index < -0.39 is 47.5 Å². The van der Waals surface area contributed by atoms with Crippen LogP contribution in [-0.2, 0) is 23.9 Å². The molecule has 0 aliphatic heterocycles. The van der Waals surface area contributed by atoms with Crippen molar-refractivity contribution in [3.8, 4) is 0 Å². The second-order valence-electron chi connectivity index (χ2n) is 5.79. The van der Waals surface area contributed by atoms with Crippen LogP contribution in [0.15, 0.2) is 0 Å². The van der Waals surface area contributed by atoms with E-state index in [0.29, 0.717) is 19.3 Å². The van der Waals surface area contributed by atoms with Gasteiger partial charge in [-0.25, -0.2) is 0 Å². The maximum Gasteiger partial charge on any atom is 0.320 e. The van der Waals surface area contributed by atoms with Crippen molar-refractivity contribution in [1.29, 1.82) is 0 Å². The van der Waals surface area contributed by atoms with Gasteiger partial charge >= 0.3 is 23.9 Å². The molecule has 0 saturated heterocycles. The summed E-state index contributed by atoms with van der Waals surface area (Å²) < 4.78 is 4.94. The van der Waals surface area contributed by atoms with Gasteiger partial charge in [0.25, 0.3) is 0 Å². The minimum atomic E-state index is -1.74. The lowest BCUT2D eigenvalue weighted by Gasteiger charge is -2.31. The summed E-state index contributed by atoms with van der Waals surface area (Å²) in [4.78, 5) is 46.8. The average Bonchev–Trinajstić information content (AvgIpc) is 2.47. The van der Waals surface area contributed by atoms with Gasteiger partial charge in [0.15, 0.2) is 0 Å². The van der Waals surface area contributed by atoms with Crippen LogP contribution in [0.2, 0.25) is 0 Å². The van der Waals surface area contributed by atoms with Crippen LogP contribution < -0.4 is 0 Å². The summed E-state index contributed by atoms with van der Waals surface area (Å²) in [5.74, 6) is -4.42. The summed E-state index contributed by atoms with van der Waals surface area (Å²) in [6, 6.07) is 0. The summed E-state index contributed by atoms with van der Waals surface area (Å²) in [6.45, 7) is 6.92. The molecule has 0 aliphatic carbocycles. The van der Waals surface area contributed by atoms with Gasteiger partial charge in [-0.15, -0.1) is 0 Å². The zero-order valence-corrected chi connectivity index (χ0v) is 14.2. The summed E-state index contributed by atoms with van der Waals surface area (Å²) in [6.07, 6.45) is -0.0109. The SMILES string of the molecule is CCC(CC)(CC)C(=O)OC(=O)C(CC)(CC(=O)O)CC(=O)O. The van der Waals surface area contributed by atoms with E-state index in [-0.39, 0.29) is 6.42 Å². The molecule has 0 fully saturated rings. The fourth-order valence-electron chi connectivity index (χ4n) is 2.66. The predicted molar refractivity (Wildman–Crippen MR) is 81.6 cm³/mol. The first-order chi connectivity index (χ1) is 10.6. The average molecular weight is 330 g/mol. The monoisotopic (exact) mass is 330 g/mol. The third kappa shape index (κ3) is 5.04. The molecule has 7 heteroatoms. The topological polar surface area (TPSA) is 118 Å². The highest BCUT2D eigenvalue weighted by Crippen LogP contribution is 2.36. The second kappa shape index (κ2) is 8.64. The highest BCUT2D eigenvalue weighted by atomic mass is 16.6. The second-order valence-corrected chi connectivity index (χ2v) is 5.79. The third-order valence-corrected chi connectivity index (χ3v) is 4.74. The molecule has 2 N–H and O–H groups in total. The molecule has 0 radical (unpaired) electrons. The molecule has 0 aromatic carbocycles. The maximum atomic E-state index is 12.4. The minimum Gasteiger partial charge on any atom is -0.481 e. The van der Waals surface area contributed by atoms with E-state index in [0.717, 1.165) is 0 Å². The van der Waals surface area contributed by atoms with Gasteiger partial charge in [0, 0.05) is 0 Å². The van der Waals surface area contributed by atoms with Crippen molar-refractivity contribution in [2.75, 3.05) is 0 Å². The van der Waals surface area contributed by atoms with Gasteiger partial charge in [-0.1, -0.05) is 27.7 Å². The number of hydrogen-bond donors (Lipinski definition) is 2. The largest absolute Gasteiger partial charge is 0.481 e. The highest BCUT2D eigenvalue weighted by Gasteiger charge is 2.46. The molecule has 0 saturated carbocycles. The standard InChI is InChI=1S/C16H26O7/c1-5-15(6-2,7-3)13(21)23-14(22)16(8-4,9-11(17)18)10-12(19)20/h5-10H2,1-4H3,(H,17,18)(H,19,20). The minimum absolute atomic E-state index is 0.0465. The Hall–Kier alpha value is -1.92. The molecule has 0 bridgehead atoms. The Morgan fingerprint density at radius 3 is 1.26 bits per heavy atom. The first kappa shape index (κ1) is 21.1. The number of aliphatic carboxylic acids is 2. The van der Waals surface area contributed by atoms with E-state index >= 15 is 0 Å². The maximum absolute atomic E-state index is 12.4. The van der Waals surface area contributed by atoms with Crippen LogP contribution in [-0.4, -0.2) is 34.1 Å². The number of rotatable bonds is 10. The van der Waals surface area contributed by atoms with Crippen molar-refractivity contribution < 1.29 is 34.1 Å². The summed E-state index contributed by atoms with van der Waals surface area (Å²) in [5.41, 5.74) is -2.56. The fraction of sp³-hybridized carbons (Fsp3) is 0.750. The molecule has 0 aliphatic rings. The van der Waals surface area contributed by atoms with E-state index in [9.17, 15) is 19.2 Å². The highest BCUT2D eigenvalue weighted by molar-refractivity contribution is 5.95. The zero-order chi connectivity index (χ0) is 18.3. The van der Waals surface area contributed by atoms with Gasteiger partial charge in [0.05, 0.1) is 23.7 Å². The Morgan fingerprint density at radius 1 is 0.696 bits per heavy atom. The van der Waals surface area contributed by atoms with Crippen LogP contribution in [0.3, 0.4) is 0 Å². The van der Waals surface area contributed by atoms with Crippen molar-refractivity contribution in [2.24, 2.45) is 10.8 Å². The quantitative estimate of drug-likeness (QED) is 0.467. The Balaban J connectivity index is 5.50. The van der Waals surface area contributed by atoms with E-state index in [1.807, 2.05) is 0 Å². The number of carbonyl (C=O) groups excluding carboxylic acids is 2. The molecule has 0 atom stereocenters. The predicted octanol–water partition coefficient (Wildman–Crippen LogP) is 2.62. The van der Waals surface area contributed by atoms with Gasteiger partial charge in [-0.05, 0) is 25.7 Å². The third-order valence-electron chi connectivity index (χ3n) is 4.74. The molecule has 0 unspecified atom stereocenters. The Kier molecular flexibility index (Phi) is 7.92. The van der Waals surface area contributed by atoms with Crippen molar-refractivity contribution in [1.82, 2.24) is 0 Å². The molecule has 0 rings (SSSR count). The molecule has 0 amide bonds. The van der Waals surface area contributed by atoms with Gasteiger partial charge in [0.2, 0.25) is 0 Å². The molecule has 0 heterocycles. The van der Waals surface area contributed by atoms with E-state index in [1.54, 1.807) is 20.8 Å². The van der Waals surface area contributed by atoms with Gasteiger partial charge in [-0.2, -0.15) is 0 Å². The normalized spacial score (nSPS) is 11.8. The lowest BCUT2D eigenvalue weighted by atomic mass is 9.77. The lowest BCUT2D eigenvalue weighted by molar-refractivity contribution is -0.179. The van der Waals surface area contributed by atoms with Crippen LogP contribution in [0, 0.1) is 10.8 Å². The summed E-state index contributed by atoms with van der Waals surface area (Å²) in [7, 11) is 0. The lowest BCUT2D eigenvalue weighted by Crippen LogP contribution is -2.41. The number of hydrogen-bond acceptors (Lipinski definition) is 5. The van der Waals surface area contributed by atoms with Crippen LogP contribution in [0.1, 0.15) is 66.2 Å². The van der Waals surface area contributed by atoms with Crippen molar-refractivity contribution in [3.05, 3.63) is 0 Å². The smallest absolute Gasteiger partial charge is 0.320 e. The van der Waals surface area contributed by atoms with Crippen LogP contribution in [0.4, 0.5) is 0 Å². The van der Waals surface area contributed by atoms with Crippen molar-refractivity contribution in [2.45, 2.75) is 66.2 Å². The van der Waals surface area contributed by atoms with E-state index in [2.05, 4.69) is 0 Å². The number of carbonyl (C=O) groups is 4. The van der Waals surface area contributed by atoms with Crippen LogP contribution >= 0.6 is 0 Å². The zero-order valence-electron chi connectivity index (χ0n) is 14.2. The Bertz CT molecular complexity index is 439. The molecular formula is C16H26O7. The first-order valence-electron chi connectivity index (χ1n) is 7.83. The van der Waals surface area contributed by atoms with Crippen molar-refractivity contribution >= 4 is 23.9 Å². The number of carboxylic acid groups (broad SMARTS) is 2. The molecule has 23 heavy (non-hydrogen) atoms. The van der Waals surface area contributed by atoms with Crippen LogP contribution in [0.5, 0.6) is 0 Å². The number of ether oxygens (including phenoxy) is 1. The molecule has 132 valence electrons. The molecule has 0 aromatic rings. The summed E-state index contributed by atoms with van der Waals surface area (Å²) in [5, 5.41) is 18.0. The molecule has 7 nitrogen and oxygen atoms in total. The molecule has 0 spiro atoms. The first-order valence-corrected chi connectivity index (χ1v) is 7.83. The van der Waals surface area contributed by atoms with E-state index in [1.165, 1.54) is 6.92 Å². The van der Waals surface area contributed by atoms with Gasteiger partial charge in [0.1, 0.15) is 0 Å².